The van der Waals surface area contributed by atoms with Crippen molar-refractivity contribution in [1.29, 1.82) is 0 Å². The van der Waals surface area contributed by atoms with E-state index in [4.69, 9.17) is 11.6 Å². The normalized spacial score (nSPS) is 23.1. The quantitative estimate of drug-likeness (QED) is 0.860. The van der Waals surface area contributed by atoms with Gasteiger partial charge in [0.15, 0.2) is 0 Å². The summed E-state index contributed by atoms with van der Waals surface area (Å²) in [6, 6.07) is 7.18. The van der Waals surface area contributed by atoms with Gasteiger partial charge >= 0.3 is 0 Å². The van der Waals surface area contributed by atoms with E-state index in [1.807, 2.05) is 12.1 Å². The number of rotatable bonds is 2. The van der Waals surface area contributed by atoms with Crippen LogP contribution < -0.4 is 0 Å². The number of halogens is 1. The van der Waals surface area contributed by atoms with Crippen LogP contribution in [0.4, 0.5) is 0 Å². The molecule has 0 saturated heterocycles. The summed E-state index contributed by atoms with van der Waals surface area (Å²) in [5.74, 6) is -0.104. The molecule has 1 saturated carbocycles. The van der Waals surface area contributed by atoms with Gasteiger partial charge in [-0.05, 0) is 24.5 Å². The third-order valence-corrected chi connectivity index (χ3v) is 3.55. The van der Waals surface area contributed by atoms with Gasteiger partial charge < -0.3 is 5.11 Å². The second-order valence-electron chi connectivity index (χ2n) is 4.28. The minimum absolute atomic E-state index is 0.165. The van der Waals surface area contributed by atoms with E-state index in [9.17, 15) is 9.90 Å². The van der Waals surface area contributed by atoms with Crippen LogP contribution in [0.25, 0.3) is 0 Å². The van der Waals surface area contributed by atoms with Crippen molar-refractivity contribution < 1.29 is 9.90 Å². The maximum absolute atomic E-state index is 11.7. The van der Waals surface area contributed by atoms with Crippen molar-refractivity contribution in [1.82, 2.24) is 0 Å². The summed E-state index contributed by atoms with van der Waals surface area (Å²) in [6.07, 6.45) is 2.57. The largest absolute Gasteiger partial charge is 0.388 e. The molecule has 86 valence electrons. The summed E-state index contributed by atoms with van der Waals surface area (Å²) in [4.78, 5) is 11.7. The molecule has 2 rings (SSSR count). The Kier molecular flexibility index (Phi) is 3.62. The Hall–Kier alpha value is -0.860. The van der Waals surface area contributed by atoms with Gasteiger partial charge in [-0.25, -0.2) is 0 Å². The van der Waals surface area contributed by atoms with Crippen LogP contribution in [0.3, 0.4) is 0 Å². The van der Waals surface area contributed by atoms with Crippen LogP contribution >= 0.6 is 11.6 Å². The number of hydrogen-bond donors (Lipinski definition) is 1. The highest BCUT2D eigenvalue weighted by Crippen LogP contribution is 2.34. The van der Waals surface area contributed by atoms with Crippen LogP contribution in [-0.4, -0.2) is 10.9 Å². The first-order valence-corrected chi connectivity index (χ1v) is 6.03. The lowest BCUT2D eigenvalue weighted by atomic mass is 9.82. The lowest BCUT2D eigenvalue weighted by molar-refractivity contribution is -0.128. The second-order valence-corrected chi connectivity index (χ2v) is 4.69. The second kappa shape index (κ2) is 4.98. The first-order chi connectivity index (χ1) is 7.70. The molecule has 0 aliphatic heterocycles. The molecule has 1 aromatic carbocycles. The Balaban J connectivity index is 2.21. The maximum atomic E-state index is 11.7. The number of Topliss-reactive ketones (excluding diaryl/α,β-unsaturated/α-hetero) is 1. The minimum atomic E-state index is -0.749. The molecule has 16 heavy (non-hydrogen) atoms. The smallest absolute Gasteiger partial charge is 0.138 e. The van der Waals surface area contributed by atoms with Crippen molar-refractivity contribution in [3.63, 3.8) is 0 Å². The number of carbonyl (C=O) groups is 1. The molecule has 1 aliphatic rings. The zero-order valence-electron chi connectivity index (χ0n) is 9.03. The van der Waals surface area contributed by atoms with Gasteiger partial charge in [-0.15, -0.1) is 0 Å². The molecule has 0 spiro atoms. The van der Waals surface area contributed by atoms with Crippen molar-refractivity contribution in [2.24, 2.45) is 5.92 Å². The van der Waals surface area contributed by atoms with Crippen LogP contribution in [-0.2, 0) is 4.79 Å². The predicted molar refractivity (Wildman–Crippen MR) is 63.4 cm³/mol. The van der Waals surface area contributed by atoms with Crippen molar-refractivity contribution >= 4 is 17.4 Å². The third kappa shape index (κ3) is 2.28. The fraction of sp³-hybridized carbons (Fsp3) is 0.462. The molecule has 0 heterocycles. The van der Waals surface area contributed by atoms with E-state index in [2.05, 4.69) is 0 Å². The average Bonchev–Trinajstić information content (AvgIpc) is 2.29. The van der Waals surface area contributed by atoms with E-state index in [1.165, 1.54) is 0 Å². The summed E-state index contributed by atoms with van der Waals surface area (Å²) in [5, 5.41) is 10.7. The lowest BCUT2D eigenvalue weighted by Crippen LogP contribution is -2.25. The topological polar surface area (TPSA) is 37.3 Å². The van der Waals surface area contributed by atoms with Gasteiger partial charge in [0.25, 0.3) is 0 Å². The highest BCUT2D eigenvalue weighted by Gasteiger charge is 2.30. The van der Waals surface area contributed by atoms with Crippen LogP contribution in [0.2, 0.25) is 5.02 Å². The summed E-state index contributed by atoms with van der Waals surface area (Å²) in [5.41, 5.74) is 0.671. The first-order valence-electron chi connectivity index (χ1n) is 5.65. The third-order valence-electron chi connectivity index (χ3n) is 3.21. The van der Waals surface area contributed by atoms with Crippen molar-refractivity contribution in [3.8, 4) is 0 Å². The van der Waals surface area contributed by atoms with Gasteiger partial charge in [0.1, 0.15) is 5.78 Å². The van der Waals surface area contributed by atoms with Gasteiger partial charge in [0.2, 0.25) is 0 Å². The molecular weight excluding hydrogens is 224 g/mol. The van der Waals surface area contributed by atoms with Crippen molar-refractivity contribution in [2.45, 2.75) is 31.8 Å². The lowest BCUT2D eigenvalue weighted by Gasteiger charge is -2.26. The Morgan fingerprint density at radius 2 is 2.06 bits per heavy atom. The molecule has 0 bridgehead atoms. The van der Waals surface area contributed by atoms with E-state index >= 15 is 0 Å². The molecule has 3 heteroatoms. The fourth-order valence-corrected chi connectivity index (χ4v) is 2.52. The van der Waals surface area contributed by atoms with E-state index in [-0.39, 0.29) is 11.7 Å². The number of hydrogen-bond acceptors (Lipinski definition) is 2. The van der Waals surface area contributed by atoms with E-state index in [0.717, 1.165) is 19.3 Å². The van der Waals surface area contributed by atoms with Crippen LogP contribution in [0.15, 0.2) is 24.3 Å². The van der Waals surface area contributed by atoms with Crippen LogP contribution in [0.5, 0.6) is 0 Å². The number of benzene rings is 1. The van der Waals surface area contributed by atoms with Gasteiger partial charge in [0, 0.05) is 17.4 Å². The van der Waals surface area contributed by atoms with E-state index in [1.54, 1.807) is 12.1 Å². The summed E-state index contributed by atoms with van der Waals surface area (Å²) >= 11 is 6.01. The zero-order valence-corrected chi connectivity index (χ0v) is 9.78. The molecule has 2 atom stereocenters. The molecule has 1 aromatic rings. The monoisotopic (exact) mass is 238 g/mol. The molecule has 0 radical (unpaired) electrons. The SMILES string of the molecule is O=C1CCCCC1[C@@H](O)c1ccccc1Cl. The Labute approximate surface area is 100 Å². The van der Waals surface area contributed by atoms with Crippen LogP contribution in [0, 0.1) is 5.92 Å². The standard InChI is InChI=1S/C13H15ClO2/c14-11-7-3-1-5-9(11)13(16)10-6-2-4-8-12(10)15/h1,3,5,7,10,13,16H,2,4,6,8H2/t10?,13-/m0/s1. The fourth-order valence-electron chi connectivity index (χ4n) is 2.28. The summed E-state index contributed by atoms with van der Waals surface area (Å²) < 4.78 is 0. The highest BCUT2D eigenvalue weighted by molar-refractivity contribution is 6.31. The van der Waals surface area contributed by atoms with Gasteiger partial charge in [-0.3, -0.25) is 4.79 Å². The minimum Gasteiger partial charge on any atom is -0.388 e. The summed E-state index contributed by atoms with van der Waals surface area (Å²) in [6.45, 7) is 0. The predicted octanol–water partition coefficient (Wildman–Crippen LogP) is 3.13. The highest BCUT2D eigenvalue weighted by atomic mass is 35.5. The number of ketones is 1. The number of carbonyl (C=O) groups excluding carboxylic acids is 1. The van der Waals surface area contributed by atoms with Crippen molar-refractivity contribution in [3.05, 3.63) is 34.9 Å². The van der Waals surface area contributed by atoms with Gasteiger partial charge in [-0.2, -0.15) is 0 Å². The first kappa shape index (κ1) is 11.6. The summed E-state index contributed by atoms with van der Waals surface area (Å²) in [7, 11) is 0. The molecule has 2 nitrogen and oxygen atoms in total. The molecular formula is C13H15ClO2. The van der Waals surface area contributed by atoms with Gasteiger partial charge in [-0.1, -0.05) is 36.2 Å². The van der Waals surface area contributed by atoms with E-state index < -0.39 is 6.10 Å². The Morgan fingerprint density at radius 3 is 2.75 bits per heavy atom. The van der Waals surface area contributed by atoms with E-state index in [0.29, 0.717) is 17.0 Å². The van der Waals surface area contributed by atoms with Crippen LogP contribution in [0.1, 0.15) is 37.4 Å². The number of aliphatic hydroxyl groups excluding tert-OH is 1. The van der Waals surface area contributed by atoms with Gasteiger partial charge in [0.05, 0.1) is 6.10 Å². The Bertz CT molecular complexity index is 389. The molecule has 0 aromatic heterocycles. The molecule has 1 aliphatic carbocycles. The molecule has 1 N–H and O–H groups in total. The average molecular weight is 239 g/mol. The molecule has 1 fully saturated rings. The number of aliphatic hydroxyl groups is 1. The molecule has 1 unspecified atom stereocenters. The zero-order chi connectivity index (χ0) is 11.5. The maximum Gasteiger partial charge on any atom is 0.138 e. The van der Waals surface area contributed by atoms with Crippen molar-refractivity contribution in [2.75, 3.05) is 0 Å². The Morgan fingerprint density at radius 1 is 1.31 bits per heavy atom. The molecule has 0 amide bonds.